The summed E-state index contributed by atoms with van der Waals surface area (Å²) in [5, 5.41) is 5.75. The summed E-state index contributed by atoms with van der Waals surface area (Å²) in [6, 6.07) is 5.67. The molecule has 1 heterocycles. The van der Waals surface area contributed by atoms with Gasteiger partial charge in [-0.2, -0.15) is 0 Å². The predicted molar refractivity (Wildman–Crippen MR) is 74.9 cm³/mol. The quantitative estimate of drug-likeness (QED) is 0.839. The maximum Gasteiger partial charge on any atom is 0.244 e. The Morgan fingerprint density at radius 3 is 2.80 bits per heavy atom. The van der Waals surface area contributed by atoms with Crippen LogP contribution in [0.4, 0.5) is 10.1 Å². The van der Waals surface area contributed by atoms with Gasteiger partial charge in [0.05, 0.1) is 12.0 Å². The van der Waals surface area contributed by atoms with Gasteiger partial charge < -0.3 is 15.2 Å². The molecule has 1 amide bonds. The first kappa shape index (κ1) is 14.2. The monoisotopic (exact) mass is 276 g/mol. The molecule has 0 unspecified atom stereocenters. The summed E-state index contributed by atoms with van der Waals surface area (Å²) in [5.74, 6) is -0.499. The Hall–Kier alpha value is -2.21. The highest BCUT2D eigenvalue weighted by molar-refractivity contribution is 5.90. The lowest BCUT2D eigenvalue weighted by Gasteiger charge is -2.05. The van der Waals surface area contributed by atoms with Crippen molar-refractivity contribution in [2.24, 2.45) is 0 Å². The number of nitrogens with one attached hydrogen (secondary N) is 2. The Morgan fingerprint density at radius 1 is 1.35 bits per heavy atom. The van der Waals surface area contributed by atoms with Gasteiger partial charge in [-0.3, -0.25) is 4.79 Å². The van der Waals surface area contributed by atoms with Gasteiger partial charge in [0.15, 0.2) is 0 Å². The fourth-order valence-corrected chi connectivity index (χ4v) is 1.77. The van der Waals surface area contributed by atoms with Crippen LogP contribution in [-0.2, 0) is 17.8 Å². The average molecular weight is 276 g/mol. The SMILES string of the molecule is CNCCc1cn(CC(=O)Nc2ccc(F)cc2)cn1. The molecular formula is C14H17FN4O. The van der Waals surface area contributed by atoms with Crippen LogP contribution in [0.5, 0.6) is 0 Å². The van der Waals surface area contributed by atoms with Crippen molar-refractivity contribution in [3.05, 3.63) is 48.3 Å². The second-order valence-electron chi connectivity index (χ2n) is 4.45. The Balaban J connectivity index is 1.87. The number of hydrogen-bond acceptors (Lipinski definition) is 3. The summed E-state index contributed by atoms with van der Waals surface area (Å²) >= 11 is 0. The van der Waals surface area contributed by atoms with E-state index in [1.807, 2.05) is 13.2 Å². The molecule has 5 nitrogen and oxygen atoms in total. The van der Waals surface area contributed by atoms with Crippen LogP contribution in [0.1, 0.15) is 5.69 Å². The van der Waals surface area contributed by atoms with E-state index in [0.717, 1.165) is 18.7 Å². The second-order valence-corrected chi connectivity index (χ2v) is 4.45. The lowest BCUT2D eigenvalue weighted by molar-refractivity contribution is -0.116. The zero-order valence-corrected chi connectivity index (χ0v) is 11.3. The highest BCUT2D eigenvalue weighted by Gasteiger charge is 2.05. The minimum Gasteiger partial charge on any atom is -0.328 e. The first-order chi connectivity index (χ1) is 9.67. The molecule has 6 heteroatoms. The molecule has 0 saturated carbocycles. The number of anilines is 1. The molecule has 0 radical (unpaired) electrons. The minimum atomic E-state index is -0.327. The number of hydrogen-bond donors (Lipinski definition) is 2. The summed E-state index contributed by atoms with van der Waals surface area (Å²) in [7, 11) is 1.88. The first-order valence-corrected chi connectivity index (χ1v) is 6.38. The molecule has 106 valence electrons. The van der Waals surface area contributed by atoms with Crippen molar-refractivity contribution in [1.82, 2.24) is 14.9 Å². The smallest absolute Gasteiger partial charge is 0.244 e. The lowest BCUT2D eigenvalue weighted by Crippen LogP contribution is -2.17. The van der Waals surface area contributed by atoms with Crippen molar-refractivity contribution < 1.29 is 9.18 Å². The zero-order chi connectivity index (χ0) is 14.4. The summed E-state index contributed by atoms with van der Waals surface area (Å²) in [6.45, 7) is 1.03. The summed E-state index contributed by atoms with van der Waals surface area (Å²) < 4.78 is 14.5. The van der Waals surface area contributed by atoms with Gasteiger partial charge in [-0.25, -0.2) is 9.37 Å². The fraction of sp³-hybridized carbons (Fsp3) is 0.286. The minimum absolute atomic E-state index is 0.172. The third-order valence-electron chi connectivity index (χ3n) is 2.77. The third kappa shape index (κ3) is 4.17. The zero-order valence-electron chi connectivity index (χ0n) is 11.3. The highest BCUT2D eigenvalue weighted by Crippen LogP contribution is 2.08. The van der Waals surface area contributed by atoms with Crippen LogP contribution in [0.25, 0.3) is 0 Å². The van der Waals surface area contributed by atoms with Crippen molar-refractivity contribution >= 4 is 11.6 Å². The van der Waals surface area contributed by atoms with Gasteiger partial charge in [0.2, 0.25) is 5.91 Å². The largest absolute Gasteiger partial charge is 0.328 e. The highest BCUT2D eigenvalue weighted by atomic mass is 19.1. The second kappa shape index (κ2) is 6.81. The van der Waals surface area contributed by atoms with E-state index in [4.69, 9.17) is 0 Å². The number of rotatable bonds is 6. The lowest BCUT2D eigenvalue weighted by atomic mass is 10.3. The standard InChI is InChI=1S/C14H17FN4O/c1-16-7-6-13-8-19(10-17-13)9-14(20)18-12-4-2-11(15)3-5-12/h2-5,8,10,16H,6-7,9H2,1H3,(H,18,20). The Kier molecular flexibility index (Phi) is 4.84. The molecule has 0 atom stereocenters. The van der Waals surface area contributed by atoms with E-state index in [1.54, 1.807) is 10.9 Å². The average Bonchev–Trinajstić information content (AvgIpc) is 2.86. The van der Waals surface area contributed by atoms with Gasteiger partial charge in [0, 0.05) is 24.8 Å². The maximum atomic E-state index is 12.7. The van der Waals surface area contributed by atoms with Crippen molar-refractivity contribution in [2.75, 3.05) is 18.9 Å². The van der Waals surface area contributed by atoms with Crippen molar-refractivity contribution in [1.29, 1.82) is 0 Å². The van der Waals surface area contributed by atoms with Gasteiger partial charge in [-0.05, 0) is 31.3 Å². The van der Waals surface area contributed by atoms with E-state index in [0.29, 0.717) is 5.69 Å². The van der Waals surface area contributed by atoms with Crippen molar-refractivity contribution in [3.8, 4) is 0 Å². The summed E-state index contributed by atoms with van der Waals surface area (Å²) in [4.78, 5) is 16.0. The Labute approximate surface area is 116 Å². The molecule has 0 aliphatic heterocycles. The number of benzene rings is 1. The summed E-state index contributed by atoms with van der Waals surface area (Å²) in [5.41, 5.74) is 1.51. The number of nitrogens with zero attached hydrogens (tertiary/aromatic N) is 2. The van der Waals surface area contributed by atoms with Gasteiger partial charge >= 0.3 is 0 Å². The topological polar surface area (TPSA) is 59.0 Å². The molecule has 2 aromatic rings. The van der Waals surface area contributed by atoms with Gasteiger partial charge in [-0.15, -0.1) is 0 Å². The molecular weight excluding hydrogens is 259 g/mol. The fourth-order valence-electron chi connectivity index (χ4n) is 1.77. The molecule has 0 spiro atoms. The van der Waals surface area contributed by atoms with Crippen LogP contribution in [0.15, 0.2) is 36.8 Å². The molecule has 1 aromatic carbocycles. The van der Waals surface area contributed by atoms with Gasteiger partial charge in [0.1, 0.15) is 12.4 Å². The number of imidazole rings is 1. The first-order valence-electron chi connectivity index (χ1n) is 6.38. The number of aromatic nitrogens is 2. The van der Waals surface area contributed by atoms with Crippen LogP contribution in [0, 0.1) is 5.82 Å². The molecule has 0 aliphatic carbocycles. The van der Waals surface area contributed by atoms with Crippen LogP contribution in [0.2, 0.25) is 0 Å². The van der Waals surface area contributed by atoms with Gasteiger partial charge in [0.25, 0.3) is 0 Å². The Morgan fingerprint density at radius 2 is 2.10 bits per heavy atom. The van der Waals surface area contributed by atoms with Crippen LogP contribution in [-0.4, -0.2) is 29.1 Å². The Bertz CT molecular complexity index is 565. The predicted octanol–water partition coefficient (Wildman–Crippen LogP) is 1.42. The molecule has 0 bridgehead atoms. The molecule has 0 saturated heterocycles. The molecule has 20 heavy (non-hydrogen) atoms. The molecule has 2 N–H and O–H groups in total. The van der Waals surface area contributed by atoms with E-state index in [2.05, 4.69) is 15.6 Å². The van der Waals surface area contributed by atoms with E-state index >= 15 is 0 Å². The van der Waals surface area contributed by atoms with Gasteiger partial charge in [-0.1, -0.05) is 0 Å². The number of carbonyl (C=O) groups excluding carboxylic acids is 1. The van der Waals surface area contributed by atoms with Crippen LogP contribution in [0.3, 0.4) is 0 Å². The third-order valence-corrected chi connectivity index (χ3v) is 2.77. The maximum absolute atomic E-state index is 12.7. The molecule has 0 aliphatic rings. The van der Waals surface area contributed by atoms with E-state index in [1.165, 1.54) is 24.3 Å². The number of amides is 1. The van der Waals surface area contributed by atoms with Crippen LogP contribution < -0.4 is 10.6 Å². The van der Waals surface area contributed by atoms with Crippen LogP contribution >= 0.6 is 0 Å². The van der Waals surface area contributed by atoms with Crippen molar-refractivity contribution in [2.45, 2.75) is 13.0 Å². The molecule has 1 aromatic heterocycles. The summed E-state index contributed by atoms with van der Waals surface area (Å²) in [6.07, 6.45) is 4.31. The number of halogens is 1. The van der Waals surface area contributed by atoms with E-state index < -0.39 is 0 Å². The normalized spacial score (nSPS) is 10.5. The number of likely N-dealkylation sites (N-methyl/N-ethyl adjacent to an activating group) is 1. The van der Waals surface area contributed by atoms with E-state index in [-0.39, 0.29) is 18.3 Å². The number of carbonyl (C=O) groups is 1. The molecule has 2 rings (SSSR count). The van der Waals surface area contributed by atoms with Crippen molar-refractivity contribution in [3.63, 3.8) is 0 Å². The van der Waals surface area contributed by atoms with E-state index in [9.17, 15) is 9.18 Å². The molecule has 0 fully saturated rings.